The predicted octanol–water partition coefficient (Wildman–Crippen LogP) is 3.74. The predicted molar refractivity (Wildman–Crippen MR) is 104 cm³/mol. The molecule has 2 atom stereocenters. The van der Waals surface area contributed by atoms with Crippen molar-refractivity contribution in [2.75, 3.05) is 6.54 Å². The molecule has 2 aromatic heterocycles. The van der Waals surface area contributed by atoms with Crippen LogP contribution < -0.4 is 5.73 Å². The molecule has 1 fully saturated rings. The maximum absolute atomic E-state index is 13.1. The molecule has 3 aromatic rings. The number of likely N-dealkylation sites (tertiary alicyclic amines) is 1. The van der Waals surface area contributed by atoms with Gasteiger partial charge >= 0.3 is 0 Å². The van der Waals surface area contributed by atoms with Gasteiger partial charge in [0.15, 0.2) is 11.5 Å². The van der Waals surface area contributed by atoms with E-state index in [1.54, 1.807) is 29.1 Å². The van der Waals surface area contributed by atoms with Gasteiger partial charge in [-0.15, -0.1) is 0 Å². The molecule has 0 unspecified atom stereocenters. The third-order valence-electron chi connectivity index (χ3n) is 4.95. The minimum atomic E-state index is -0.0880. The van der Waals surface area contributed by atoms with Crippen LogP contribution in [0.15, 0.2) is 53.1 Å². The highest BCUT2D eigenvalue weighted by Crippen LogP contribution is 2.27. The first-order valence-electron chi connectivity index (χ1n) is 8.99. The Labute approximate surface area is 162 Å². The molecule has 0 spiro atoms. The molecule has 4 rings (SSSR count). The van der Waals surface area contributed by atoms with Gasteiger partial charge in [0.25, 0.3) is 5.91 Å². The van der Waals surface area contributed by atoms with E-state index in [4.69, 9.17) is 21.8 Å². The number of benzene rings is 1. The van der Waals surface area contributed by atoms with E-state index < -0.39 is 0 Å². The van der Waals surface area contributed by atoms with Crippen molar-refractivity contribution < 1.29 is 9.21 Å². The molecular formula is C20H21ClN4O2. The van der Waals surface area contributed by atoms with Crippen molar-refractivity contribution in [3.63, 3.8) is 0 Å². The van der Waals surface area contributed by atoms with Crippen molar-refractivity contribution in [1.29, 1.82) is 0 Å². The van der Waals surface area contributed by atoms with Crippen molar-refractivity contribution in [3.8, 4) is 17.1 Å². The van der Waals surface area contributed by atoms with Crippen molar-refractivity contribution >= 4 is 17.5 Å². The Bertz CT molecular complexity index is 934. The number of piperidine rings is 1. The average Bonchev–Trinajstić information content (AvgIpc) is 3.31. The van der Waals surface area contributed by atoms with Crippen molar-refractivity contribution in [3.05, 3.63) is 59.4 Å². The summed E-state index contributed by atoms with van der Waals surface area (Å²) in [4.78, 5) is 14.9. The summed E-state index contributed by atoms with van der Waals surface area (Å²) in [7, 11) is 0. The van der Waals surface area contributed by atoms with Gasteiger partial charge in [-0.25, -0.2) is 4.68 Å². The standard InChI is InChI=1S/C20H21ClN4O2/c1-13-11-15(22)8-9-24(13)20(26)17-12-18(19-3-2-10-27-19)25(23-17)16-6-4-14(21)5-7-16/h2-7,10,12-13,15H,8-9,11,22H2,1H3/t13-,15+/m0/s1. The smallest absolute Gasteiger partial charge is 0.274 e. The lowest BCUT2D eigenvalue weighted by molar-refractivity contribution is 0.0612. The van der Waals surface area contributed by atoms with Crippen LogP contribution in [0.4, 0.5) is 0 Å². The average molecular weight is 385 g/mol. The van der Waals surface area contributed by atoms with E-state index in [0.29, 0.717) is 28.7 Å². The van der Waals surface area contributed by atoms with Gasteiger partial charge in [-0.05, 0) is 56.2 Å². The SMILES string of the molecule is C[C@H]1C[C@H](N)CCN1C(=O)c1cc(-c2ccco2)n(-c2ccc(Cl)cc2)n1. The molecule has 1 amide bonds. The maximum Gasteiger partial charge on any atom is 0.274 e. The number of aromatic nitrogens is 2. The molecule has 0 aliphatic carbocycles. The third-order valence-corrected chi connectivity index (χ3v) is 5.20. The number of carbonyl (C=O) groups is 1. The summed E-state index contributed by atoms with van der Waals surface area (Å²) in [6.07, 6.45) is 3.21. The Morgan fingerprint density at radius 3 is 2.74 bits per heavy atom. The molecule has 0 radical (unpaired) electrons. The van der Waals surface area contributed by atoms with Crippen LogP contribution in [0, 0.1) is 0 Å². The van der Waals surface area contributed by atoms with E-state index in [2.05, 4.69) is 5.10 Å². The van der Waals surface area contributed by atoms with E-state index in [1.165, 1.54) is 0 Å². The summed E-state index contributed by atoms with van der Waals surface area (Å²) in [5, 5.41) is 5.22. The summed E-state index contributed by atoms with van der Waals surface area (Å²) in [6, 6.07) is 13.0. The van der Waals surface area contributed by atoms with Crippen LogP contribution >= 0.6 is 11.6 Å². The van der Waals surface area contributed by atoms with Gasteiger partial charge in [0.2, 0.25) is 0 Å². The first kappa shape index (κ1) is 17.8. The maximum atomic E-state index is 13.1. The van der Waals surface area contributed by atoms with Gasteiger partial charge in [-0.3, -0.25) is 4.79 Å². The van der Waals surface area contributed by atoms with Crippen LogP contribution in [0.25, 0.3) is 17.1 Å². The van der Waals surface area contributed by atoms with E-state index in [-0.39, 0.29) is 18.0 Å². The Kier molecular flexibility index (Phi) is 4.76. The molecule has 1 aromatic carbocycles. The topological polar surface area (TPSA) is 77.3 Å². The second-order valence-electron chi connectivity index (χ2n) is 6.91. The Morgan fingerprint density at radius 1 is 1.30 bits per heavy atom. The molecule has 1 saturated heterocycles. The molecule has 6 nitrogen and oxygen atoms in total. The molecule has 3 heterocycles. The van der Waals surface area contributed by atoms with E-state index >= 15 is 0 Å². The van der Waals surface area contributed by atoms with E-state index in [9.17, 15) is 4.79 Å². The lowest BCUT2D eigenvalue weighted by Gasteiger charge is -2.35. The molecule has 0 bridgehead atoms. The molecule has 1 aliphatic heterocycles. The van der Waals surface area contributed by atoms with Gasteiger partial charge in [-0.2, -0.15) is 5.10 Å². The van der Waals surface area contributed by atoms with Gasteiger partial charge in [0, 0.05) is 29.7 Å². The number of nitrogens with two attached hydrogens (primary N) is 1. The fraction of sp³-hybridized carbons (Fsp3) is 0.300. The van der Waals surface area contributed by atoms with E-state index in [0.717, 1.165) is 18.5 Å². The van der Waals surface area contributed by atoms with Gasteiger partial charge < -0.3 is 15.1 Å². The van der Waals surface area contributed by atoms with Crippen molar-refractivity contribution in [2.24, 2.45) is 5.73 Å². The molecule has 27 heavy (non-hydrogen) atoms. The summed E-state index contributed by atoms with van der Waals surface area (Å²) >= 11 is 6.00. The highest BCUT2D eigenvalue weighted by Gasteiger charge is 2.30. The number of halogens is 1. The second kappa shape index (κ2) is 7.21. The number of nitrogens with zero attached hydrogens (tertiary/aromatic N) is 3. The molecular weight excluding hydrogens is 364 g/mol. The lowest BCUT2D eigenvalue weighted by Crippen LogP contribution is -2.48. The van der Waals surface area contributed by atoms with Gasteiger partial charge in [0.05, 0.1) is 12.0 Å². The minimum absolute atomic E-state index is 0.0880. The molecule has 0 saturated carbocycles. The van der Waals surface area contributed by atoms with Crippen LogP contribution in [-0.2, 0) is 0 Å². The van der Waals surface area contributed by atoms with E-state index in [1.807, 2.05) is 36.1 Å². The second-order valence-corrected chi connectivity index (χ2v) is 7.35. The summed E-state index contributed by atoms with van der Waals surface area (Å²) in [5.41, 5.74) is 7.93. The molecule has 1 aliphatic rings. The largest absolute Gasteiger partial charge is 0.463 e. The number of amides is 1. The summed E-state index contributed by atoms with van der Waals surface area (Å²) in [5.74, 6) is 0.556. The number of hydrogen-bond acceptors (Lipinski definition) is 4. The van der Waals surface area contributed by atoms with Gasteiger partial charge in [0.1, 0.15) is 5.69 Å². The molecule has 2 N–H and O–H groups in total. The zero-order valence-electron chi connectivity index (χ0n) is 15.0. The zero-order valence-corrected chi connectivity index (χ0v) is 15.8. The molecule has 140 valence electrons. The lowest BCUT2D eigenvalue weighted by atomic mass is 9.99. The van der Waals surface area contributed by atoms with Crippen LogP contribution in [0.3, 0.4) is 0 Å². The number of rotatable bonds is 3. The van der Waals surface area contributed by atoms with Crippen LogP contribution in [0.2, 0.25) is 5.02 Å². The Hall–Kier alpha value is -2.57. The zero-order chi connectivity index (χ0) is 19.0. The first-order valence-corrected chi connectivity index (χ1v) is 9.37. The summed E-state index contributed by atoms with van der Waals surface area (Å²) < 4.78 is 7.26. The summed E-state index contributed by atoms with van der Waals surface area (Å²) in [6.45, 7) is 2.67. The van der Waals surface area contributed by atoms with Crippen molar-refractivity contribution in [1.82, 2.24) is 14.7 Å². The third kappa shape index (κ3) is 3.50. The minimum Gasteiger partial charge on any atom is -0.463 e. The number of hydrogen-bond donors (Lipinski definition) is 1. The van der Waals surface area contributed by atoms with Gasteiger partial charge in [-0.1, -0.05) is 11.6 Å². The monoisotopic (exact) mass is 384 g/mol. The normalized spacial score (nSPS) is 20.0. The Balaban J connectivity index is 1.73. The number of carbonyl (C=O) groups excluding carboxylic acids is 1. The van der Waals surface area contributed by atoms with Crippen molar-refractivity contribution in [2.45, 2.75) is 31.8 Å². The Morgan fingerprint density at radius 2 is 2.07 bits per heavy atom. The first-order chi connectivity index (χ1) is 13.0. The molecule has 7 heteroatoms. The highest BCUT2D eigenvalue weighted by molar-refractivity contribution is 6.30. The van der Waals surface area contributed by atoms with Crippen LogP contribution in [0.1, 0.15) is 30.3 Å². The quantitative estimate of drug-likeness (QED) is 0.746. The highest BCUT2D eigenvalue weighted by atomic mass is 35.5. The fourth-order valence-corrected chi connectivity index (χ4v) is 3.65. The number of furan rings is 1. The fourth-order valence-electron chi connectivity index (χ4n) is 3.52. The van der Waals surface area contributed by atoms with Crippen LogP contribution in [-0.4, -0.2) is 39.2 Å². The van der Waals surface area contributed by atoms with Crippen LogP contribution in [0.5, 0.6) is 0 Å².